The van der Waals surface area contributed by atoms with Crippen molar-refractivity contribution in [2.24, 2.45) is 0 Å². The van der Waals surface area contributed by atoms with Crippen molar-refractivity contribution in [1.29, 1.82) is 0 Å². The van der Waals surface area contributed by atoms with Gasteiger partial charge in [0.15, 0.2) is 0 Å². The highest BCUT2D eigenvalue weighted by molar-refractivity contribution is 7.85. The molecule has 0 radical (unpaired) electrons. The van der Waals surface area contributed by atoms with Crippen molar-refractivity contribution in [3.63, 3.8) is 0 Å². The average Bonchev–Trinajstić information content (AvgIpc) is 2.44. The van der Waals surface area contributed by atoms with Crippen LogP contribution >= 0.6 is 0 Å². The Kier molecular flexibility index (Phi) is 1.73. The van der Waals surface area contributed by atoms with Crippen LogP contribution in [0.25, 0.3) is 11.0 Å². The number of imidazole rings is 1. The van der Waals surface area contributed by atoms with Crippen molar-refractivity contribution in [1.82, 2.24) is 9.66 Å². The van der Waals surface area contributed by atoms with Crippen LogP contribution in [-0.2, 0) is 10.1 Å². The number of nitrogens with zero attached hydrogens (tertiary/aromatic N) is 2. The lowest BCUT2D eigenvalue weighted by Crippen LogP contribution is -2.16. The average molecular weight is 213 g/mol. The predicted molar refractivity (Wildman–Crippen MR) is 49.7 cm³/mol. The van der Waals surface area contributed by atoms with Gasteiger partial charge in [-0.25, -0.2) is 9.66 Å². The van der Waals surface area contributed by atoms with Gasteiger partial charge >= 0.3 is 10.1 Å². The van der Waals surface area contributed by atoms with E-state index in [0.717, 1.165) is 4.68 Å². The summed E-state index contributed by atoms with van der Waals surface area (Å²) in [5.74, 6) is 5.44. The Hall–Kier alpha value is -1.60. The zero-order valence-corrected chi connectivity index (χ0v) is 7.77. The minimum absolute atomic E-state index is 0.419. The van der Waals surface area contributed by atoms with Crippen molar-refractivity contribution in [2.75, 3.05) is 5.84 Å². The number of para-hydroxylation sites is 2. The van der Waals surface area contributed by atoms with Gasteiger partial charge < -0.3 is 5.84 Å². The molecule has 0 saturated heterocycles. The van der Waals surface area contributed by atoms with E-state index in [2.05, 4.69) is 4.98 Å². The Labute approximate surface area is 79.7 Å². The maximum absolute atomic E-state index is 10.8. The molecule has 0 unspecified atom stereocenters. The molecule has 74 valence electrons. The van der Waals surface area contributed by atoms with Crippen LogP contribution in [-0.4, -0.2) is 22.6 Å². The summed E-state index contributed by atoms with van der Waals surface area (Å²) >= 11 is 0. The summed E-state index contributed by atoms with van der Waals surface area (Å²) < 4.78 is 31.2. The molecule has 14 heavy (non-hydrogen) atoms. The zero-order valence-electron chi connectivity index (χ0n) is 6.95. The second-order valence-electron chi connectivity index (χ2n) is 2.73. The number of aromatic nitrogens is 2. The number of fused-ring (bicyclic) bond motifs is 1. The zero-order chi connectivity index (χ0) is 10.3. The predicted octanol–water partition coefficient (Wildman–Crippen LogP) is -0.00320. The summed E-state index contributed by atoms with van der Waals surface area (Å²) in [5, 5.41) is -0.557. The van der Waals surface area contributed by atoms with Gasteiger partial charge in [0.1, 0.15) is 0 Å². The molecule has 7 heteroatoms. The fourth-order valence-electron chi connectivity index (χ4n) is 1.20. The SMILES string of the molecule is Nn1c(S(=O)(=O)O)nc2ccccc21. The summed E-state index contributed by atoms with van der Waals surface area (Å²) in [6, 6.07) is 6.61. The maximum atomic E-state index is 10.8. The van der Waals surface area contributed by atoms with E-state index in [0.29, 0.717) is 11.0 Å². The summed E-state index contributed by atoms with van der Waals surface area (Å²) in [6.07, 6.45) is 0. The fourth-order valence-corrected chi connectivity index (χ4v) is 1.76. The number of rotatable bonds is 1. The molecule has 0 aliphatic carbocycles. The molecule has 1 heterocycles. The third-order valence-corrected chi connectivity index (χ3v) is 2.54. The van der Waals surface area contributed by atoms with E-state index in [1.807, 2.05) is 0 Å². The Morgan fingerprint density at radius 2 is 2.00 bits per heavy atom. The van der Waals surface area contributed by atoms with Crippen molar-refractivity contribution in [3.8, 4) is 0 Å². The lowest BCUT2D eigenvalue weighted by molar-refractivity contribution is 0.471. The molecule has 0 aliphatic rings. The molecular weight excluding hydrogens is 206 g/mol. The Bertz CT molecular complexity index is 587. The standard InChI is InChI=1S/C7H7N3O3S/c8-10-6-4-2-1-3-5(6)9-7(10)14(11,12)13/h1-4H,8H2,(H,11,12,13). The molecule has 1 aromatic carbocycles. The lowest BCUT2D eigenvalue weighted by Gasteiger charge is -1.96. The van der Waals surface area contributed by atoms with Crippen molar-refractivity contribution >= 4 is 21.2 Å². The van der Waals surface area contributed by atoms with Crippen LogP contribution in [0, 0.1) is 0 Å². The number of hydrogen-bond acceptors (Lipinski definition) is 4. The summed E-state index contributed by atoms with van der Waals surface area (Å²) in [6.45, 7) is 0. The highest BCUT2D eigenvalue weighted by atomic mass is 32.2. The maximum Gasteiger partial charge on any atom is 0.330 e. The van der Waals surface area contributed by atoms with E-state index in [1.165, 1.54) is 0 Å². The van der Waals surface area contributed by atoms with Gasteiger partial charge in [-0.1, -0.05) is 12.1 Å². The number of nitrogen functional groups attached to an aromatic ring is 1. The van der Waals surface area contributed by atoms with Crippen molar-refractivity contribution < 1.29 is 13.0 Å². The van der Waals surface area contributed by atoms with Gasteiger partial charge in [0.25, 0.3) is 5.16 Å². The molecule has 0 atom stereocenters. The molecule has 0 aliphatic heterocycles. The van der Waals surface area contributed by atoms with Gasteiger partial charge in [0.2, 0.25) is 0 Å². The van der Waals surface area contributed by atoms with E-state index in [9.17, 15) is 8.42 Å². The first-order valence-corrected chi connectivity index (χ1v) is 5.14. The van der Waals surface area contributed by atoms with Crippen molar-refractivity contribution in [3.05, 3.63) is 24.3 Å². The second-order valence-corrected chi connectivity index (χ2v) is 4.04. The Morgan fingerprint density at radius 1 is 1.36 bits per heavy atom. The minimum atomic E-state index is -4.37. The first-order valence-electron chi connectivity index (χ1n) is 3.70. The minimum Gasteiger partial charge on any atom is -0.337 e. The molecule has 0 fully saturated rings. The number of benzene rings is 1. The summed E-state index contributed by atoms with van der Waals surface area (Å²) in [5.41, 5.74) is 0.864. The molecule has 0 bridgehead atoms. The number of hydrogen-bond donors (Lipinski definition) is 2. The third kappa shape index (κ3) is 1.22. The van der Waals surface area contributed by atoms with E-state index >= 15 is 0 Å². The number of nitrogens with two attached hydrogens (primary N) is 1. The van der Waals surface area contributed by atoms with E-state index in [1.54, 1.807) is 24.3 Å². The van der Waals surface area contributed by atoms with Crippen molar-refractivity contribution in [2.45, 2.75) is 5.16 Å². The van der Waals surface area contributed by atoms with Gasteiger partial charge in [-0.2, -0.15) is 8.42 Å². The highest BCUT2D eigenvalue weighted by Crippen LogP contribution is 2.15. The smallest absolute Gasteiger partial charge is 0.330 e. The van der Waals surface area contributed by atoms with E-state index < -0.39 is 15.3 Å². The molecule has 0 amide bonds. The monoisotopic (exact) mass is 213 g/mol. The molecule has 2 rings (SSSR count). The first-order chi connectivity index (χ1) is 6.50. The molecule has 2 aromatic rings. The third-order valence-electron chi connectivity index (χ3n) is 1.79. The largest absolute Gasteiger partial charge is 0.337 e. The first kappa shape index (κ1) is 8.97. The summed E-state index contributed by atoms with van der Waals surface area (Å²) in [7, 11) is -4.37. The van der Waals surface area contributed by atoms with Crippen LogP contribution in [0.2, 0.25) is 0 Å². The van der Waals surface area contributed by atoms with Gasteiger partial charge in [0, 0.05) is 0 Å². The van der Waals surface area contributed by atoms with Crippen LogP contribution in [0.4, 0.5) is 0 Å². The van der Waals surface area contributed by atoms with Crippen LogP contribution in [0.3, 0.4) is 0 Å². The second kappa shape index (κ2) is 2.69. The molecule has 6 nitrogen and oxygen atoms in total. The van der Waals surface area contributed by atoms with Gasteiger partial charge in [0.05, 0.1) is 11.0 Å². The summed E-state index contributed by atoms with van der Waals surface area (Å²) in [4.78, 5) is 3.68. The molecular formula is C7H7N3O3S. The topological polar surface area (TPSA) is 98.2 Å². The van der Waals surface area contributed by atoms with Crippen LogP contribution < -0.4 is 5.84 Å². The highest BCUT2D eigenvalue weighted by Gasteiger charge is 2.19. The van der Waals surface area contributed by atoms with Crippen LogP contribution in [0.5, 0.6) is 0 Å². The lowest BCUT2D eigenvalue weighted by atomic mass is 10.3. The van der Waals surface area contributed by atoms with Gasteiger partial charge in [-0.05, 0) is 12.1 Å². The Balaban J connectivity index is 2.89. The molecule has 0 spiro atoms. The van der Waals surface area contributed by atoms with Gasteiger partial charge in [-0.15, -0.1) is 0 Å². The molecule has 3 N–H and O–H groups in total. The van der Waals surface area contributed by atoms with E-state index in [4.69, 9.17) is 10.4 Å². The Morgan fingerprint density at radius 3 is 2.57 bits per heavy atom. The van der Waals surface area contributed by atoms with Gasteiger partial charge in [-0.3, -0.25) is 4.55 Å². The normalized spacial score (nSPS) is 12.1. The van der Waals surface area contributed by atoms with E-state index in [-0.39, 0.29) is 0 Å². The van der Waals surface area contributed by atoms with Crippen LogP contribution in [0.15, 0.2) is 29.4 Å². The fraction of sp³-hybridized carbons (Fsp3) is 0. The molecule has 1 aromatic heterocycles. The quantitative estimate of drug-likeness (QED) is 0.513. The van der Waals surface area contributed by atoms with Crippen LogP contribution in [0.1, 0.15) is 0 Å². The molecule has 0 saturated carbocycles.